The average Bonchev–Trinajstić information content (AvgIpc) is 3.14. The van der Waals surface area contributed by atoms with E-state index in [0.29, 0.717) is 12.0 Å². The average molecular weight is 279 g/mol. The molecular formula is C15H25N3S. The number of hydrogen-bond donors (Lipinski definition) is 1. The molecule has 0 radical (unpaired) electrons. The van der Waals surface area contributed by atoms with Crippen LogP contribution >= 0.6 is 11.3 Å². The molecule has 0 amide bonds. The monoisotopic (exact) mass is 279 g/mol. The van der Waals surface area contributed by atoms with Crippen molar-refractivity contribution in [3.63, 3.8) is 0 Å². The van der Waals surface area contributed by atoms with Crippen LogP contribution in [0.25, 0.3) is 0 Å². The summed E-state index contributed by atoms with van der Waals surface area (Å²) >= 11 is 1.85. The molecule has 0 aromatic carbocycles. The molecule has 1 aromatic rings. The minimum absolute atomic E-state index is 0.652. The van der Waals surface area contributed by atoms with Gasteiger partial charge in [0.05, 0.1) is 6.54 Å². The van der Waals surface area contributed by atoms with Crippen molar-refractivity contribution in [2.75, 3.05) is 13.1 Å². The molecule has 3 nitrogen and oxygen atoms in total. The van der Waals surface area contributed by atoms with Gasteiger partial charge in [-0.1, -0.05) is 13.8 Å². The molecular weight excluding hydrogens is 254 g/mol. The Hall–Kier alpha value is -0.450. The second kappa shape index (κ2) is 5.51. The van der Waals surface area contributed by atoms with Gasteiger partial charge in [0.15, 0.2) is 0 Å². The molecule has 2 atom stereocenters. The number of aryl methyl sites for hydroxylation is 1. The second-order valence-electron chi connectivity index (χ2n) is 6.46. The smallest absolute Gasteiger partial charge is 0.107 e. The van der Waals surface area contributed by atoms with Crippen molar-refractivity contribution in [1.82, 2.24) is 15.2 Å². The lowest BCUT2D eigenvalue weighted by molar-refractivity contribution is 0.0851. The van der Waals surface area contributed by atoms with Crippen LogP contribution in [-0.4, -0.2) is 35.1 Å². The van der Waals surface area contributed by atoms with Crippen LogP contribution in [0, 0.1) is 18.8 Å². The topological polar surface area (TPSA) is 28.2 Å². The van der Waals surface area contributed by atoms with Gasteiger partial charge in [0.2, 0.25) is 0 Å². The highest BCUT2D eigenvalue weighted by Crippen LogP contribution is 2.35. The number of piperazine rings is 1. The Labute approximate surface area is 120 Å². The Morgan fingerprint density at radius 3 is 2.84 bits per heavy atom. The van der Waals surface area contributed by atoms with Crippen molar-refractivity contribution >= 4 is 11.3 Å². The number of hydrogen-bond acceptors (Lipinski definition) is 4. The highest BCUT2D eigenvalue weighted by Gasteiger charge is 2.38. The standard InChI is InChI=1S/C15H25N3S/c1-10(2)14-7-16-13(12-4-5-12)8-18(14)9-15-17-6-11(3)19-15/h6,10,12-14,16H,4-5,7-9H2,1-3H3. The van der Waals surface area contributed by atoms with Crippen molar-refractivity contribution in [3.8, 4) is 0 Å². The van der Waals surface area contributed by atoms with Crippen LogP contribution in [0.2, 0.25) is 0 Å². The Morgan fingerprint density at radius 2 is 2.26 bits per heavy atom. The first-order valence-electron chi connectivity index (χ1n) is 7.52. The van der Waals surface area contributed by atoms with Gasteiger partial charge >= 0.3 is 0 Å². The van der Waals surface area contributed by atoms with Crippen LogP contribution in [0.1, 0.15) is 36.6 Å². The Bertz CT molecular complexity index is 425. The molecule has 0 bridgehead atoms. The maximum absolute atomic E-state index is 4.55. The summed E-state index contributed by atoms with van der Waals surface area (Å²) in [7, 11) is 0. The van der Waals surface area contributed by atoms with Gasteiger partial charge < -0.3 is 5.32 Å². The van der Waals surface area contributed by atoms with E-state index in [0.717, 1.165) is 25.0 Å². The zero-order valence-electron chi connectivity index (χ0n) is 12.2. The Kier molecular flexibility index (Phi) is 3.92. The third-order valence-corrected chi connectivity index (χ3v) is 5.36. The fourth-order valence-electron chi connectivity index (χ4n) is 3.16. The van der Waals surface area contributed by atoms with Gasteiger partial charge in [-0.05, 0) is 31.6 Å². The third-order valence-electron chi connectivity index (χ3n) is 4.46. The summed E-state index contributed by atoms with van der Waals surface area (Å²) in [5.41, 5.74) is 0. The fraction of sp³-hybridized carbons (Fsp3) is 0.800. The van der Waals surface area contributed by atoms with Crippen molar-refractivity contribution in [2.45, 2.75) is 52.2 Å². The first kappa shape index (κ1) is 13.5. The van der Waals surface area contributed by atoms with Crippen molar-refractivity contribution in [2.24, 2.45) is 11.8 Å². The number of thiazole rings is 1. The van der Waals surface area contributed by atoms with Gasteiger partial charge in [0, 0.05) is 36.2 Å². The summed E-state index contributed by atoms with van der Waals surface area (Å²) in [6.07, 6.45) is 4.85. The van der Waals surface area contributed by atoms with Crippen molar-refractivity contribution in [1.29, 1.82) is 0 Å². The van der Waals surface area contributed by atoms with Crippen LogP contribution < -0.4 is 5.32 Å². The predicted octanol–water partition coefficient (Wildman–Crippen LogP) is 2.66. The van der Waals surface area contributed by atoms with E-state index in [1.54, 1.807) is 0 Å². The molecule has 1 N–H and O–H groups in total. The number of aromatic nitrogens is 1. The molecule has 3 rings (SSSR count). The largest absolute Gasteiger partial charge is 0.311 e. The van der Waals surface area contributed by atoms with Crippen LogP contribution in [0.5, 0.6) is 0 Å². The molecule has 1 saturated carbocycles. The zero-order chi connectivity index (χ0) is 13.4. The normalized spacial score (nSPS) is 29.1. The second-order valence-corrected chi connectivity index (χ2v) is 7.78. The first-order valence-corrected chi connectivity index (χ1v) is 8.34. The van der Waals surface area contributed by atoms with Crippen LogP contribution in [0.3, 0.4) is 0 Å². The predicted molar refractivity (Wildman–Crippen MR) is 80.4 cm³/mol. The molecule has 4 heteroatoms. The summed E-state index contributed by atoms with van der Waals surface area (Å²) < 4.78 is 0. The molecule has 0 spiro atoms. The maximum Gasteiger partial charge on any atom is 0.107 e. The van der Waals surface area contributed by atoms with E-state index in [9.17, 15) is 0 Å². The molecule has 2 aliphatic rings. The molecule has 19 heavy (non-hydrogen) atoms. The van der Waals surface area contributed by atoms with Gasteiger partial charge in [-0.2, -0.15) is 0 Å². The van der Waals surface area contributed by atoms with E-state index >= 15 is 0 Å². The molecule has 1 aromatic heterocycles. The highest BCUT2D eigenvalue weighted by atomic mass is 32.1. The summed E-state index contributed by atoms with van der Waals surface area (Å²) in [5.74, 6) is 1.64. The molecule has 2 heterocycles. The van der Waals surface area contributed by atoms with E-state index in [1.165, 1.54) is 29.3 Å². The van der Waals surface area contributed by atoms with Crippen LogP contribution in [-0.2, 0) is 6.54 Å². The van der Waals surface area contributed by atoms with Gasteiger partial charge in [0.25, 0.3) is 0 Å². The number of rotatable bonds is 4. The van der Waals surface area contributed by atoms with Gasteiger partial charge in [-0.3, -0.25) is 4.90 Å². The number of nitrogens with one attached hydrogen (secondary N) is 1. The van der Waals surface area contributed by atoms with E-state index in [1.807, 2.05) is 17.5 Å². The lowest BCUT2D eigenvalue weighted by atomic mass is 9.97. The maximum atomic E-state index is 4.55. The minimum Gasteiger partial charge on any atom is -0.311 e. The lowest BCUT2D eigenvalue weighted by Crippen LogP contribution is -2.58. The van der Waals surface area contributed by atoms with E-state index in [-0.39, 0.29) is 0 Å². The summed E-state index contributed by atoms with van der Waals surface area (Å²) in [5, 5.41) is 5.05. The Morgan fingerprint density at radius 1 is 1.47 bits per heavy atom. The molecule has 2 fully saturated rings. The van der Waals surface area contributed by atoms with E-state index < -0.39 is 0 Å². The summed E-state index contributed by atoms with van der Waals surface area (Å²) in [6.45, 7) is 10.2. The summed E-state index contributed by atoms with van der Waals surface area (Å²) in [6, 6.07) is 1.37. The van der Waals surface area contributed by atoms with Crippen LogP contribution in [0.15, 0.2) is 6.20 Å². The molecule has 1 saturated heterocycles. The summed E-state index contributed by atoms with van der Waals surface area (Å²) in [4.78, 5) is 8.54. The molecule has 106 valence electrons. The SMILES string of the molecule is Cc1cnc(CN2CC(C3CC3)NCC2C(C)C)s1. The van der Waals surface area contributed by atoms with Crippen molar-refractivity contribution in [3.05, 3.63) is 16.1 Å². The first-order chi connectivity index (χ1) is 9.13. The van der Waals surface area contributed by atoms with Crippen LogP contribution in [0.4, 0.5) is 0 Å². The number of nitrogens with zero attached hydrogens (tertiary/aromatic N) is 2. The molecule has 1 aliphatic carbocycles. The third kappa shape index (κ3) is 3.18. The molecule has 2 unspecified atom stereocenters. The Balaban J connectivity index is 1.69. The molecule has 1 aliphatic heterocycles. The van der Waals surface area contributed by atoms with Gasteiger partial charge in [-0.15, -0.1) is 11.3 Å². The highest BCUT2D eigenvalue weighted by molar-refractivity contribution is 7.11. The van der Waals surface area contributed by atoms with Gasteiger partial charge in [0.1, 0.15) is 5.01 Å². The zero-order valence-corrected chi connectivity index (χ0v) is 13.0. The fourth-order valence-corrected chi connectivity index (χ4v) is 3.97. The van der Waals surface area contributed by atoms with E-state index in [2.05, 4.69) is 36.0 Å². The van der Waals surface area contributed by atoms with Crippen molar-refractivity contribution < 1.29 is 0 Å². The lowest BCUT2D eigenvalue weighted by Gasteiger charge is -2.42. The quantitative estimate of drug-likeness (QED) is 0.918. The van der Waals surface area contributed by atoms with E-state index in [4.69, 9.17) is 0 Å². The minimum atomic E-state index is 0.652. The van der Waals surface area contributed by atoms with Gasteiger partial charge in [-0.25, -0.2) is 4.98 Å².